The number of carbonyl (C=O) groups excluding carboxylic acids is 1. The number of methoxy groups -OCH3 is 2. The van der Waals surface area contributed by atoms with Gasteiger partial charge in [0, 0.05) is 11.6 Å². The molecule has 0 fully saturated rings. The van der Waals surface area contributed by atoms with E-state index in [1.165, 1.54) is 17.3 Å². The van der Waals surface area contributed by atoms with Gasteiger partial charge in [-0.15, -0.1) is 5.10 Å². The number of aromatic amines is 1. The van der Waals surface area contributed by atoms with Crippen LogP contribution in [0.25, 0.3) is 11.4 Å². The number of nitrogens with zero attached hydrogens (tertiary/aromatic N) is 2. The van der Waals surface area contributed by atoms with Gasteiger partial charge in [0.1, 0.15) is 11.5 Å². The van der Waals surface area contributed by atoms with Gasteiger partial charge >= 0.3 is 0 Å². The van der Waals surface area contributed by atoms with Crippen molar-refractivity contribution in [2.45, 2.75) is 24.9 Å². The van der Waals surface area contributed by atoms with Crippen molar-refractivity contribution >= 4 is 17.5 Å². The van der Waals surface area contributed by atoms with Gasteiger partial charge in [0.25, 0.3) is 0 Å². The van der Waals surface area contributed by atoms with Gasteiger partial charge in [0.2, 0.25) is 5.16 Å². The highest BCUT2D eigenvalue weighted by atomic mass is 32.2. The average Bonchev–Trinajstić information content (AvgIpc) is 3.20. The molecule has 3 aromatic rings. The van der Waals surface area contributed by atoms with Crippen molar-refractivity contribution < 1.29 is 14.3 Å². The van der Waals surface area contributed by atoms with Crippen molar-refractivity contribution in [2.75, 3.05) is 20.0 Å². The first-order valence-corrected chi connectivity index (χ1v) is 9.91. The summed E-state index contributed by atoms with van der Waals surface area (Å²) in [6.45, 7) is 4.26. The summed E-state index contributed by atoms with van der Waals surface area (Å²) in [6.07, 6.45) is 0. The topological polar surface area (TPSA) is 77.1 Å². The number of benzene rings is 2. The van der Waals surface area contributed by atoms with E-state index in [0.29, 0.717) is 34.0 Å². The summed E-state index contributed by atoms with van der Waals surface area (Å²) in [5, 5.41) is 7.62. The second-order valence-electron chi connectivity index (χ2n) is 6.52. The third-order valence-electron chi connectivity index (χ3n) is 4.36. The number of hydrogen-bond acceptors (Lipinski definition) is 6. The number of H-pyrrole nitrogens is 1. The minimum absolute atomic E-state index is 0.0497. The zero-order valence-electron chi connectivity index (χ0n) is 16.4. The smallest absolute Gasteiger partial charge is 0.209 e. The molecule has 28 heavy (non-hydrogen) atoms. The summed E-state index contributed by atoms with van der Waals surface area (Å²) < 4.78 is 10.6. The number of nitrogens with one attached hydrogen (secondary N) is 1. The minimum atomic E-state index is 0.0497. The van der Waals surface area contributed by atoms with Crippen LogP contribution in [0.4, 0.5) is 0 Å². The van der Waals surface area contributed by atoms with Crippen LogP contribution < -0.4 is 9.47 Å². The Morgan fingerprint density at radius 1 is 1.11 bits per heavy atom. The van der Waals surface area contributed by atoms with Gasteiger partial charge in [-0.1, -0.05) is 49.9 Å². The fraction of sp³-hybridized carbons (Fsp3) is 0.286. The monoisotopic (exact) mass is 397 g/mol. The molecule has 6 nitrogen and oxygen atoms in total. The number of ether oxygens (including phenoxy) is 2. The molecule has 0 radical (unpaired) electrons. The highest BCUT2D eigenvalue weighted by Gasteiger charge is 2.14. The quantitative estimate of drug-likeness (QED) is 0.443. The average molecular weight is 398 g/mol. The maximum atomic E-state index is 12.4. The zero-order chi connectivity index (χ0) is 20.1. The number of hydrogen-bond donors (Lipinski definition) is 1. The molecule has 0 aliphatic heterocycles. The molecule has 0 aliphatic rings. The first-order chi connectivity index (χ1) is 13.5. The highest BCUT2D eigenvalue weighted by Crippen LogP contribution is 2.32. The Kier molecular flexibility index (Phi) is 6.36. The molecular weight excluding hydrogens is 374 g/mol. The van der Waals surface area contributed by atoms with Gasteiger partial charge in [-0.2, -0.15) is 0 Å². The van der Waals surface area contributed by atoms with Crippen LogP contribution in [0.3, 0.4) is 0 Å². The second-order valence-corrected chi connectivity index (χ2v) is 7.46. The Hall–Kier alpha value is -2.80. The van der Waals surface area contributed by atoms with E-state index in [1.54, 1.807) is 20.3 Å². The van der Waals surface area contributed by atoms with Crippen LogP contribution in [-0.2, 0) is 0 Å². The van der Waals surface area contributed by atoms with E-state index >= 15 is 0 Å². The maximum absolute atomic E-state index is 12.4. The van der Waals surface area contributed by atoms with E-state index in [2.05, 4.69) is 29.0 Å². The Labute approximate surface area is 168 Å². The highest BCUT2D eigenvalue weighted by molar-refractivity contribution is 7.99. The normalized spacial score (nSPS) is 10.9. The van der Waals surface area contributed by atoms with E-state index in [-0.39, 0.29) is 11.5 Å². The first-order valence-electron chi connectivity index (χ1n) is 8.92. The van der Waals surface area contributed by atoms with Gasteiger partial charge in [0.15, 0.2) is 11.6 Å². The SMILES string of the molecule is COc1ccc(-c2nc(SCC(=O)c3ccc(C(C)C)cc3)n[nH]2)c(OC)c1. The third kappa shape index (κ3) is 4.54. The molecular formula is C21H23N3O3S. The number of Topliss-reactive ketones (excluding diaryl/α,β-unsaturated/α-hetero) is 1. The summed E-state index contributed by atoms with van der Waals surface area (Å²) in [4.78, 5) is 16.9. The fourth-order valence-corrected chi connectivity index (χ4v) is 3.39. The molecule has 0 bridgehead atoms. The Morgan fingerprint density at radius 3 is 2.50 bits per heavy atom. The molecule has 146 valence electrons. The van der Waals surface area contributed by atoms with Crippen molar-refractivity contribution in [3.05, 3.63) is 53.6 Å². The molecule has 2 aromatic carbocycles. The number of ketones is 1. The lowest BCUT2D eigenvalue weighted by atomic mass is 10.0. The van der Waals surface area contributed by atoms with E-state index in [4.69, 9.17) is 9.47 Å². The second kappa shape index (κ2) is 8.93. The Bertz CT molecular complexity index is 952. The lowest BCUT2D eigenvalue weighted by molar-refractivity contribution is 0.102. The molecule has 1 aromatic heterocycles. The van der Waals surface area contributed by atoms with Gasteiger partial charge < -0.3 is 9.47 Å². The molecule has 1 N–H and O–H groups in total. The molecule has 0 atom stereocenters. The molecule has 0 saturated heterocycles. The predicted octanol–water partition coefficient (Wildman–Crippen LogP) is 4.59. The van der Waals surface area contributed by atoms with Gasteiger partial charge in [-0.25, -0.2) is 4.98 Å². The molecule has 0 spiro atoms. The molecule has 1 heterocycles. The minimum Gasteiger partial charge on any atom is -0.497 e. The van der Waals surface area contributed by atoms with Crippen LogP contribution >= 0.6 is 11.8 Å². The van der Waals surface area contributed by atoms with Gasteiger partial charge in [0.05, 0.1) is 25.5 Å². The standard InChI is InChI=1S/C21H23N3O3S/c1-13(2)14-5-7-15(8-6-14)18(25)12-28-21-22-20(23-24-21)17-10-9-16(26-3)11-19(17)27-4/h5-11,13H,12H2,1-4H3,(H,22,23,24). The zero-order valence-corrected chi connectivity index (χ0v) is 17.2. The van der Waals surface area contributed by atoms with E-state index in [9.17, 15) is 4.79 Å². The molecule has 0 unspecified atom stereocenters. The van der Waals surface area contributed by atoms with Crippen LogP contribution in [0, 0.1) is 0 Å². The summed E-state index contributed by atoms with van der Waals surface area (Å²) in [7, 11) is 3.19. The first kappa shape index (κ1) is 19.9. The van der Waals surface area contributed by atoms with Crippen LogP contribution in [0.5, 0.6) is 11.5 Å². The summed E-state index contributed by atoms with van der Waals surface area (Å²) in [5.41, 5.74) is 2.69. The van der Waals surface area contributed by atoms with Gasteiger partial charge in [-0.3, -0.25) is 9.89 Å². The van der Waals surface area contributed by atoms with Crippen molar-refractivity contribution in [2.24, 2.45) is 0 Å². The lowest BCUT2D eigenvalue weighted by Crippen LogP contribution is -2.03. The van der Waals surface area contributed by atoms with E-state index in [0.717, 1.165) is 5.56 Å². The summed E-state index contributed by atoms with van der Waals surface area (Å²) in [5.74, 6) is 2.68. The molecule has 7 heteroatoms. The lowest BCUT2D eigenvalue weighted by Gasteiger charge is -2.07. The Morgan fingerprint density at radius 2 is 1.86 bits per heavy atom. The maximum Gasteiger partial charge on any atom is 0.209 e. The van der Waals surface area contributed by atoms with E-state index < -0.39 is 0 Å². The molecule has 0 aliphatic carbocycles. The van der Waals surface area contributed by atoms with Crippen LogP contribution in [0.2, 0.25) is 0 Å². The van der Waals surface area contributed by atoms with Crippen molar-refractivity contribution in [1.82, 2.24) is 15.2 Å². The summed E-state index contributed by atoms with van der Waals surface area (Å²) in [6, 6.07) is 13.2. The fourth-order valence-electron chi connectivity index (χ4n) is 2.69. The Balaban J connectivity index is 1.67. The number of rotatable bonds is 8. The van der Waals surface area contributed by atoms with Gasteiger partial charge in [-0.05, 0) is 23.6 Å². The molecule has 3 rings (SSSR count). The molecule has 0 amide bonds. The molecule has 0 saturated carbocycles. The predicted molar refractivity (Wildman–Crippen MR) is 111 cm³/mol. The van der Waals surface area contributed by atoms with Crippen molar-refractivity contribution in [1.29, 1.82) is 0 Å². The van der Waals surface area contributed by atoms with E-state index in [1.807, 2.05) is 36.4 Å². The number of carbonyl (C=O) groups is 1. The third-order valence-corrected chi connectivity index (χ3v) is 5.21. The largest absolute Gasteiger partial charge is 0.497 e. The van der Waals surface area contributed by atoms with Crippen LogP contribution in [0.15, 0.2) is 47.6 Å². The van der Waals surface area contributed by atoms with Crippen molar-refractivity contribution in [3.8, 4) is 22.9 Å². The number of aromatic nitrogens is 3. The summed E-state index contributed by atoms with van der Waals surface area (Å²) >= 11 is 1.30. The van der Waals surface area contributed by atoms with Crippen LogP contribution in [0.1, 0.15) is 35.7 Å². The van der Waals surface area contributed by atoms with Crippen LogP contribution in [-0.4, -0.2) is 40.9 Å². The number of thioether (sulfide) groups is 1. The van der Waals surface area contributed by atoms with Crippen molar-refractivity contribution in [3.63, 3.8) is 0 Å².